The Morgan fingerprint density at radius 1 is 1.09 bits per heavy atom. The monoisotopic (exact) mass is 317 g/mol. The van der Waals surface area contributed by atoms with Crippen LogP contribution in [-0.2, 0) is 9.59 Å². The van der Waals surface area contributed by atoms with Gasteiger partial charge in [-0.2, -0.15) is 0 Å². The van der Waals surface area contributed by atoms with E-state index in [1.807, 2.05) is 19.1 Å². The van der Waals surface area contributed by atoms with Crippen LogP contribution in [0.3, 0.4) is 0 Å². The third-order valence-corrected chi connectivity index (χ3v) is 2.93. The molecule has 0 spiro atoms. The minimum absolute atomic E-state index is 0.264. The number of rotatable bonds is 6. The highest BCUT2D eigenvalue weighted by Gasteiger charge is 2.09. The summed E-state index contributed by atoms with van der Waals surface area (Å²) in [4.78, 5) is 23.3. The molecule has 0 bridgehead atoms. The van der Waals surface area contributed by atoms with Gasteiger partial charge in [0, 0.05) is 0 Å². The van der Waals surface area contributed by atoms with Crippen molar-refractivity contribution in [1.82, 2.24) is 5.32 Å². The van der Waals surface area contributed by atoms with E-state index in [1.54, 1.807) is 12.1 Å². The summed E-state index contributed by atoms with van der Waals surface area (Å²) in [6.45, 7) is 1.28. The van der Waals surface area contributed by atoms with Crippen LogP contribution in [0.25, 0.3) is 0 Å². The van der Waals surface area contributed by atoms with Gasteiger partial charge in [-0.3, -0.25) is 4.79 Å². The van der Waals surface area contributed by atoms with Gasteiger partial charge in [0.1, 0.15) is 23.9 Å². The van der Waals surface area contributed by atoms with Crippen molar-refractivity contribution in [2.24, 2.45) is 0 Å². The van der Waals surface area contributed by atoms with E-state index in [0.29, 0.717) is 11.5 Å². The predicted molar refractivity (Wildman–Crippen MR) is 81.7 cm³/mol. The molecule has 0 aliphatic rings. The highest BCUT2D eigenvalue weighted by atomic mass is 19.1. The van der Waals surface area contributed by atoms with Gasteiger partial charge in [-0.15, -0.1) is 0 Å². The van der Waals surface area contributed by atoms with Gasteiger partial charge in [-0.25, -0.2) is 9.18 Å². The molecule has 0 fully saturated rings. The standard InChI is InChI=1S/C17H16FNO4/c1-12-4-2-3-5-15(12)23-17(21)10-19-16(20)11-22-14-8-6-13(18)7-9-14/h2-9H,10-11H2,1H3,(H,19,20). The van der Waals surface area contributed by atoms with Crippen molar-refractivity contribution < 1.29 is 23.5 Å². The number of aryl methyl sites for hydroxylation is 1. The fourth-order valence-corrected chi connectivity index (χ4v) is 1.73. The van der Waals surface area contributed by atoms with Crippen LogP contribution >= 0.6 is 0 Å². The fourth-order valence-electron chi connectivity index (χ4n) is 1.73. The molecule has 120 valence electrons. The molecule has 2 rings (SSSR count). The van der Waals surface area contributed by atoms with Crippen molar-refractivity contribution in [1.29, 1.82) is 0 Å². The summed E-state index contributed by atoms with van der Waals surface area (Å²) in [6.07, 6.45) is 0. The first-order valence-electron chi connectivity index (χ1n) is 6.96. The van der Waals surface area contributed by atoms with Crippen molar-refractivity contribution in [3.63, 3.8) is 0 Å². The Balaban J connectivity index is 1.72. The fraction of sp³-hybridized carbons (Fsp3) is 0.176. The number of nitrogens with one attached hydrogen (secondary N) is 1. The van der Waals surface area contributed by atoms with Crippen molar-refractivity contribution in [2.75, 3.05) is 13.2 Å². The van der Waals surface area contributed by atoms with Crippen LogP contribution in [0.5, 0.6) is 11.5 Å². The summed E-state index contributed by atoms with van der Waals surface area (Å²) in [5.74, 6) is -0.621. The van der Waals surface area contributed by atoms with Gasteiger partial charge in [0.2, 0.25) is 0 Å². The van der Waals surface area contributed by atoms with E-state index in [2.05, 4.69) is 5.32 Å². The van der Waals surface area contributed by atoms with Crippen molar-refractivity contribution >= 4 is 11.9 Å². The van der Waals surface area contributed by atoms with E-state index in [-0.39, 0.29) is 19.0 Å². The number of esters is 1. The number of para-hydroxylation sites is 1. The van der Waals surface area contributed by atoms with Crippen LogP contribution in [0.15, 0.2) is 48.5 Å². The van der Waals surface area contributed by atoms with Crippen LogP contribution in [-0.4, -0.2) is 25.0 Å². The topological polar surface area (TPSA) is 64.6 Å². The Morgan fingerprint density at radius 2 is 1.78 bits per heavy atom. The second-order valence-electron chi connectivity index (χ2n) is 4.76. The van der Waals surface area contributed by atoms with Gasteiger partial charge in [-0.05, 0) is 42.8 Å². The largest absolute Gasteiger partial charge is 0.484 e. The third kappa shape index (κ3) is 5.43. The molecule has 5 nitrogen and oxygen atoms in total. The van der Waals surface area contributed by atoms with Gasteiger partial charge in [0.05, 0.1) is 0 Å². The molecule has 23 heavy (non-hydrogen) atoms. The van der Waals surface area contributed by atoms with Crippen LogP contribution in [0.1, 0.15) is 5.56 Å². The number of amides is 1. The molecule has 1 amide bonds. The second kappa shape index (κ2) is 7.93. The number of benzene rings is 2. The zero-order valence-electron chi connectivity index (χ0n) is 12.5. The van der Waals surface area contributed by atoms with E-state index >= 15 is 0 Å². The summed E-state index contributed by atoms with van der Waals surface area (Å²) in [6, 6.07) is 12.4. The molecular formula is C17H16FNO4. The summed E-state index contributed by atoms with van der Waals surface area (Å²) < 4.78 is 23.0. The van der Waals surface area contributed by atoms with E-state index in [1.165, 1.54) is 24.3 Å². The molecule has 0 saturated heterocycles. The molecule has 0 unspecified atom stereocenters. The lowest BCUT2D eigenvalue weighted by Crippen LogP contribution is -2.35. The van der Waals surface area contributed by atoms with E-state index < -0.39 is 11.9 Å². The van der Waals surface area contributed by atoms with Gasteiger partial charge >= 0.3 is 5.97 Å². The molecule has 0 radical (unpaired) electrons. The molecule has 0 aromatic heterocycles. The van der Waals surface area contributed by atoms with Gasteiger partial charge < -0.3 is 14.8 Å². The molecule has 2 aromatic rings. The number of hydrogen-bond acceptors (Lipinski definition) is 4. The number of carbonyl (C=O) groups excluding carboxylic acids is 2. The zero-order chi connectivity index (χ0) is 16.7. The average molecular weight is 317 g/mol. The molecule has 2 aromatic carbocycles. The third-order valence-electron chi connectivity index (χ3n) is 2.93. The molecule has 6 heteroatoms. The van der Waals surface area contributed by atoms with Gasteiger partial charge in [0.25, 0.3) is 5.91 Å². The minimum Gasteiger partial charge on any atom is -0.484 e. The molecule has 0 aliphatic carbocycles. The first-order chi connectivity index (χ1) is 11.0. The van der Waals surface area contributed by atoms with Crippen molar-refractivity contribution in [2.45, 2.75) is 6.92 Å². The summed E-state index contributed by atoms with van der Waals surface area (Å²) in [7, 11) is 0. The van der Waals surface area contributed by atoms with Crippen LogP contribution in [0.4, 0.5) is 4.39 Å². The smallest absolute Gasteiger partial charge is 0.330 e. The highest BCUT2D eigenvalue weighted by molar-refractivity contribution is 5.83. The van der Waals surface area contributed by atoms with Crippen molar-refractivity contribution in [3.05, 3.63) is 59.9 Å². The quantitative estimate of drug-likeness (QED) is 0.655. The van der Waals surface area contributed by atoms with E-state index in [9.17, 15) is 14.0 Å². The Kier molecular flexibility index (Phi) is 5.68. The van der Waals surface area contributed by atoms with E-state index in [4.69, 9.17) is 9.47 Å². The SMILES string of the molecule is Cc1ccccc1OC(=O)CNC(=O)COc1ccc(F)cc1. The lowest BCUT2D eigenvalue weighted by Gasteiger charge is -2.09. The normalized spacial score (nSPS) is 10.0. The maximum absolute atomic E-state index is 12.7. The van der Waals surface area contributed by atoms with Crippen molar-refractivity contribution in [3.8, 4) is 11.5 Å². The number of hydrogen-bond donors (Lipinski definition) is 1. The number of ether oxygens (including phenoxy) is 2. The summed E-state index contributed by atoms with van der Waals surface area (Å²) >= 11 is 0. The average Bonchev–Trinajstić information content (AvgIpc) is 2.54. The van der Waals surface area contributed by atoms with Crippen LogP contribution in [0.2, 0.25) is 0 Å². The van der Waals surface area contributed by atoms with Gasteiger partial charge in [-0.1, -0.05) is 18.2 Å². The Morgan fingerprint density at radius 3 is 2.48 bits per heavy atom. The maximum Gasteiger partial charge on any atom is 0.330 e. The minimum atomic E-state index is -0.575. The molecule has 1 N–H and O–H groups in total. The molecular weight excluding hydrogens is 301 g/mol. The zero-order valence-corrected chi connectivity index (χ0v) is 12.5. The molecule has 0 heterocycles. The van der Waals surface area contributed by atoms with Crippen LogP contribution in [0, 0.1) is 12.7 Å². The summed E-state index contributed by atoms with van der Waals surface area (Å²) in [5.41, 5.74) is 0.826. The van der Waals surface area contributed by atoms with Gasteiger partial charge in [0.15, 0.2) is 6.61 Å². The predicted octanol–water partition coefficient (Wildman–Crippen LogP) is 2.23. The molecule has 0 saturated carbocycles. The highest BCUT2D eigenvalue weighted by Crippen LogP contribution is 2.16. The lowest BCUT2D eigenvalue weighted by molar-refractivity contribution is -0.136. The van der Waals surface area contributed by atoms with E-state index in [0.717, 1.165) is 5.56 Å². The number of carbonyl (C=O) groups is 2. The first kappa shape index (κ1) is 16.5. The second-order valence-corrected chi connectivity index (χ2v) is 4.76. The number of halogens is 1. The van der Waals surface area contributed by atoms with Crippen LogP contribution < -0.4 is 14.8 Å². The Labute approximate surface area is 133 Å². The molecule has 0 atom stereocenters. The molecule has 0 aliphatic heterocycles. The maximum atomic E-state index is 12.7. The lowest BCUT2D eigenvalue weighted by atomic mass is 10.2. The Hall–Kier alpha value is -2.89. The summed E-state index contributed by atoms with van der Waals surface area (Å²) in [5, 5.41) is 2.39. The first-order valence-corrected chi connectivity index (χ1v) is 6.96. The Bertz CT molecular complexity index is 685.